The smallest absolute Gasteiger partial charge is 0.0207 e. The summed E-state index contributed by atoms with van der Waals surface area (Å²) in [5.41, 5.74) is 2.91. The van der Waals surface area contributed by atoms with Crippen molar-refractivity contribution < 1.29 is 0 Å². The highest BCUT2D eigenvalue weighted by Crippen LogP contribution is 1.70. The molecule has 0 saturated carbocycles. The highest BCUT2D eigenvalue weighted by Gasteiger charge is 1.48. The van der Waals surface area contributed by atoms with Crippen LogP contribution in [0.25, 0.3) is 0 Å². The van der Waals surface area contributed by atoms with Gasteiger partial charge in [0.1, 0.15) is 0 Å². The van der Waals surface area contributed by atoms with E-state index in [1.807, 2.05) is 38.2 Å². The second-order valence-corrected chi connectivity index (χ2v) is 1.15. The Balaban J connectivity index is 3.48. The lowest BCUT2D eigenvalue weighted by Crippen LogP contribution is -1.38. The van der Waals surface area contributed by atoms with Crippen LogP contribution in [0.5, 0.6) is 0 Å². The van der Waals surface area contributed by atoms with Crippen molar-refractivity contribution in [3.05, 3.63) is 30.0 Å². The van der Waals surface area contributed by atoms with Crippen molar-refractivity contribution in [1.82, 2.24) is 0 Å². The van der Waals surface area contributed by atoms with Gasteiger partial charge in [0.25, 0.3) is 0 Å². The number of hydrogen-bond acceptors (Lipinski definition) is 0. The van der Waals surface area contributed by atoms with E-state index in [0.29, 0.717) is 0 Å². The average molecular weight is 94.2 g/mol. The minimum Gasteiger partial charge on any atom is -0.126 e. The molecule has 0 bridgehead atoms. The van der Waals surface area contributed by atoms with E-state index in [1.165, 1.54) is 0 Å². The molecule has 0 spiro atoms. The normalized spacial score (nSPS) is 8.29. The Bertz CT molecular complexity index is 101. The Labute approximate surface area is 44.9 Å². The van der Waals surface area contributed by atoms with Crippen LogP contribution in [0.3, 0.4) is 0 Å². The van der Waals surface area contributed by atoms with Gasteiger partial charge in [0.05, 0.1) is 0 Å². The van der Waals surface area contributed by atoms with Crippen LogP contribution in [0.4, 0.5) is 0 Å². The number of hydrogen-bond donors (Lipinski definition) is 0. The minimum atomic E-state index is 1.88. The van der Waals surface area contributed by atoms with Crippen molar-refractivity contribution in [2.24, 2.45) is 0 Å². The topological polar surface area (TPSA) is 0 Å². The minimum absolute atomic E-state index is 1.88. The van der Waals surface area contributed by atoms with E-state index in [4.69, 9.17) is 0 Å². The molecule has 38 valence electrons. The van der Waals surface area contributed by atoms with Crippen molar-refractivity contribution in [3.8, 4) is 0 Å². The highest BCUT2D eigenvalue weighted by atomic mass is 13.6. The van der Waals surface area contributed by atoms with Gasteiger partial charge in [-0.15, -0.1) is 5.73 Å². The molecule has 0 nitrogen and oxygen atoms in total. The zero-order valence-electron chi connectivity index (χ0n) is 4.81. The van der Waals surface area contributed by atoms with Crippen LogP contribution in [-0.2, 0) is 0 Å². The van der Waals surface area contributed by atoms with Crippen LogP contribution in [0.2, 0.25) is 0 Å². The standard InChI is InChI=1S/C7H10/c1-3-5-7-6-4-2/h3-5,7H,1-2H3. The monoisotopic (exact) mass is 94.1 g/mol. The Kier molecular flexibility index (Phi) is 4.70. The van der Waals surface area contributed by atoms with E-state index in [0.717, 1.165) is 0 Å². The van der Waals surface area contributed by atoms with Gasteiger partial charge >= 0.3 is 0 Å². The Hall–Kier alpha value is -0.740. The molecule has 0 aliphatic rings. The maximum Gasteiger partial charge on any atom is -0.0207 e. The summed E-state index contributed by atoms with van der Waals surface area (Å²) in [6, 6.07) is 0. The molecule has 0 radical (unpaired) electrons. The molecule has 0 fully saturated rings. The van der Waals surface area contributed by atoms with Gasteiger partial charge in [0, 0.05) is 0 Å². The van der Waals surface area contributed by atoms with E-state index in [1.54, 1.807) is 0 Å². The van der Waals surface area contributed by atoms with Crippen LogP contribution in [0, 0.1) is 0 Å². The SMILES string of the molecule is CC=C=CC=CC. The fourth-order valence-corrected chi connectivity index (χ4v) is 0.248. The van der Waals surface area contributed by atoms with E-state index in [-0.39, 0.29) is 0 Å². The second-order valence-electron chi connectivity index (χ2n) is 1.15. The van der Waals surface area contributed by atoms with Gasteiger partial charge in [-0.2, -0.15) is 0 Å². The van der Waals surface area contributed by atoms with Gasteiger partial charge in [-0.1, -0.05) is 12.2 Å². The molecular formula is C7H10. The molecule has 0 aromatic heterocycles. The van der Waals surface area contributed by atoms with Gasteiger partial charge in [-0.05, 0) is 26.0 Å². The molecule has 0 aromatic rings. The van der Waals surface area contributed by atoms with Crippen molar-refractivity contribution in [1.29, 1.82) is 0 Å². The van der Waals surface area contributed by atoms with Crippen LogP contribution in [0.1, 0.15) is 13.8 Å². The van der Waals surface area contributed by atoms with Crippen LogP contribution >= 0.6 is 0 Å². The maximum atomic E-state index is 2.91. The van der Waals surface area contributed by atoms with Crippen molar-refractivity contribution >= 4 is 0 Å². The third kappa shape index (κ3) is 5.26. The summed E-state index contributed by atoms with van der Waals surface area (Å²) in [6.45, 7) is 3.92. The van der Waals surface area contributed by atoms with Gasteiger partial charge in [0.2, 0.25) is 0 Å². The Morgan fingerprint density at radius 3 is 2.43 bits per heavy atom. The van der Waals surface area contributed by atoms with E-state index < -0.39 is 0 Å². The lowest BCUT2D eigenvalue weighted by Gasteiger charge is -1.60. The molecule has 7 heavy (non-hydrogen) atoms. The fraction of sp³-hybridized carbons (Fsp3) is 0.286. The summed E-state index contributed by atoms with van der Waals surface area (Å²) in [5, 5.41) is 0. The molecule has 0 N–H and O–H groups in total. The van der Waals surface area contributed by atoms with Gasteiger partial charge in [-0.25, -0.2) is 0 Å². The van der Waals surface area contributed by atoms with Gasteiger partial charge in [0.15, 0.2) is 0 Å². The lowest BCUT2D eigenvalue weighted by molar-refractivity contribution is 1.72. The van der Waals surface area contributed by atoms with E-state index in [9.17, 15) is 0 Å². The third-order valence-corrected chi connectivity index (χ3v) is 0.552. The highest BCUT2D eigenvalue weighted by molar-refractivity contribution is 4.99. The molecule has 0 saturated heterocycles. The van der Waals surface area contributed by atoms with E-state index >= 15 is 0 Å². The van der Waals surface area contributed by atoms with Gasteiger partial charge < -0.3 is 0 Å². The second kappa shape index (κ2) is 5.26. The van der Waals surface area contributed by atoms with E-state index in [2.05, 4.69) is 5.73 Å². The molecule has 0 unspecified atom stereocenters. The summed E-state index contributed by atoms with van der Waals surface area (Å²) < 4.78 is 0. The first-order valence-electron chi connectivity index (χ1n) is 2.40. The summed E-state index contributed by atoms with van der Waals surface area (Å²) in [6.07, 6.45) is 7.66. The molecule has 0 amide bonds. The van der Waals surface area contributed by atoms with Crippen molar-refractivity contribution in [2.75, 3.05) is 0 Å². The number of rotatable bonds is 1. The summed E-state index contributed by atoms with van der Waals surface area (Å²) in [5.74, 6) is 0. The summed E-state index contributed by atoms with van der Waals surface area (Å²) in [4.78, 5) is 0. The average Bonchev–Trinajstić information content (AvgIpc) is 1.69. The van der Waals surface area contributed by atoms with Crippen LogP contribution < -0.4 is 0 Å². The maximum absolute atomic E-state index is 2.91. The van der Waals surface area contributed by atoms with Crippen molar-refractivity contribution in [3.63, 3.8) is 0 Å². The lowest BCUT2D eigenvalue weighted by atomic mass is 10.5. The predicted molar refractivity (Wildman–Crippen MR) is 33.1 cm³/mol. The molecule has 0 heterocycles. The molecule has 0 heteroatoms. The largest absolute Gasteiger partial charge is 0.126 e. The quantitative estimate of drug-likeness (QED) is 0.345. The van der Waals surface area contributed by atoms with Crippen LogP contribution in [0.15, 0.2) is 30.0 Å². The number of allylic oxidation sites excluding steroid dienone is 3. The molecule has 0 rings (SSSR count). The predicted octanol–water partition coefficient (Wildman–Crippen LogP) is 2.29. The first-order valence-corrected chi connectivity index (χ1v) is 2.40. The molecule has 0 aliphatic heterocycles. The third-order valence-electron chi connectivity index (χ3n) is 0.552. The molecule has 0 aliphatic carbocycles. The first-order chi connectivity index (χ1) is 3.41. The Morgan fingerprint density at radius 2 is 2.00 bits per heavy atom. The zero-order chi connectivity index (χ0) is 5.54. The fourth-order valence-electron chi connectivity index (χ4n) is 0.248. The van der Waals surface area contributed by atoms with Crippen molar-refractivity contribution in [2.45, 2.75) is 13.8 Å². The van der Waals surface area contributed by atoms with Crippen LogP contribution in [-0.4, -0.2) is 0 Å². The first kappa shape index (κ1) is 6.26. The molecule has 0 aromatic carbocycles. The molecule has 0 atom stereocenters. The summed E-state index contributed by atoms with van der Waals surface area (Å²) >= 11 is 0. The summed E-state index contributed by atoms with van der Waals surface area (Å²) in [7, 11) is 0. The molecular weight excluding hydrogens is 84.1 g/mol. The van der Waals surface area contributed by atoms with Gasteiger partial charge in [-0.3, -0.25) is 0 Å². The Morgan fingerprint density at radius 1 is 1.29 bits per heavy atom. The zero-order valence-corrected chi connectivity index (χ0v) is 4.81.